The van der Waals surface area contributed by atoms with E-state index in [1.807, 2.05) is 70.2 Å². The van der Waals surface area contributed by atoms with Crippen molar-refractivity contribution in [3.63, 3.8) is 0 Å². The number of aromatic nitrogens is 2. The van der Waals surface area contributed by atoms with Crippen molar-refractivity contribution in [2.45, 2.75) is 31.7 Å². The maximum absolute atomic E-state index is 12.9. The molecule has 1 saturated heterocycles. The van der Waals surface area contributed by atoms with Crippen LogP contribution >= 0.6 is 0 Å². The Hall–Kier alpha value is -2.92. The van der Waals surface area contributed by atoms with Crippen LogP contribution in [0, 0.1) is 0 Å². The summed E-state index contributed by atoms with van der Waals surface area (Å²) in [5.74, 6) is 0.00689. The molecule has 0 radical (unpaired) electrons. The SMILES string of the molecule is O=C(/C=C/c1c(-c2ccccc2)nn2ccccc12)N1CCCCC1CCO. The van der Waals surface area contributed by atoms with Crippen molar-refractivity contribution >= 4 is 17.5 Å². The fourth-order valence-electron chi connectivity index (χ4n) is 3.98. The highest BCUT2D eigenvalue weighted by Crippen LogP contribution is 2.27. The van der Waals surface area contributed by atoms with Crippen molar-refractivity contribution in [3.8, 4) is 11.3 Å². The first-order valence-electron chi connectivity index (χ1n) is 9.90. The van der Waals surface area contributed by atoms with E-state index in [9.17, 15) is 9.90 Å². The summed E-state index contributed by atoms with van der Waals surface area (Å²) in [7, 11) is 0. The normalized spacial score (nSPS) is 17.5. The molecule has 1 atom stereocenters. The molecule has 4 rings (SSSR count). The van der Waals surface area contributed by atoms with Gasteiger partial charge in [0.25, 0.3) is 0 Å². The van der Waals surface area contributed by atoms with Crippen LogP contribution in [0.25, 0.3) is 22.9 Å². The average Bonchev–Trinajstić information content (AvgIpc) is 3.12. The number of rotatable bonds is 5. The Morgan fingerprint density at radius 3 is 2.79 bits per heavy atom. The summed E-state index contributed by atoms with van der Waals surface area (Å²) in [6.45, 7) is 0.874. The molecule has 5 heteroatoms. The molecule has 2 aromatic heterocycles. The number of piperidine rings is 1. The molecule has 144 valence electrons. The smallest absolute Gasteiger partial charge is 0.246 e. The molecule has 5 nitrogen and oxygen atoms in total. The van der Waals surface area contributed by atoms with Crippen LogP contribution in [-0.4, -0.2) is 44.7 Å². The first-order valence-corrected chi connectivity index (χ1v) is 9.90. The number of aliphatic hydroxyl groups is 1. The molecule has 1 aliphatic rings. The molecule has 1 aliphatic heterocycles. The summed E-state index contributed by atoms with van der Waals surface area (Å²) < 4.78 is 1.85. The van der Waals surface area contributed by atoms with Gasteiger partial charge in [-0.25, -0.2) is 4.52 Å². The molecule has 28 heavy (non-hydrogen) atoms. The molecule has 0 saturated carbocycles. The van der Waals surface area contributed by atoms with Crippen molar-refractivity contribution in [1.29, 1.82) is 0 Å². The van der Waals surface area contributed by atoms with Gasteiger partial charge in [0, 0.05) is 42.6 Å². The Morgan fingerprint density at radius 1 is 1.14 bits per heavy atom. The lowest BCUT2D eigenvalue weighted by molar-refractivity contribution is -0.129. The van der Waals surface area contributed by atoms with E-state index < -0.39 is 0 Å². The zero-order valence-electron chi connectivity index (χ0n) is 15.9. The zero-order chi connectivity index (χ0) is 19.3. The summed E-state index contributed by atoms with van der Waals surface area (Å²) in [6.07, 6.45) is 9.21. The predicted molar refractivity (Wildman–Crippen MR) is 111 cm³/mol. The second-order valence-corrected chi connectivity index (χ2v) is 7.19. The van der Waals surface area contributed by atoms with E-state index in [0.29, 0.717) is 6.42 Å². The van der Waals surface area contributed by atoms with E-state index in [1.54, 1.807) is 6.08 Å². The third-order valence-electron chi connectivity index (χ3n) is 5.39. The van der Waals surface area contributed by atoms with E-state index in [2.05, 4.69) is 0 Å². The summed E-state index contributed by atoms with van der Waals surface area (Å²) >= 11 is 0. The highest BCUT2D eigenvalue weighted by molar-refractivity contribution is 5.95. The largest absolute Gasteiger partial charge is 0.396 e. The van der Waals surface area contributed by atoms with E-state index >= 15 is 0 Å². The number of benzene rings is 1. The van der Waals surface area contributed by atoms with Crippen LogP contribution < -0.4 is 0 Å². The summed E-state index contributed by atoms with van der Waals surface area (Å²) in [6, 6.07) is 16.1. The first-order chi connectivity index (χ1) is 13.8. The average molecular weight is 375 g/mol. The highest BCUT2D eigenvalue weighted by atomic mass is 16.3. The van der Waals surface area contributed by atoms with Gasteiger partial charge < -0.3 is 10.0 Å². The van der Waals surface area contributed by atoms with E-state index in [4.69, 9.17) is 5.10 Å². The minimum absolute atomic E-state index is 0.00689. The number of hydrogen-bond donors (Lipinski definition) is 1. The van der Waals surface area contributed by atoms with Gasteiger partial charge in [0.15, 0.2) is 0 Å². The lowest BCUT2D eigenvalue weighted by Crippen LogP contribution is -2.43. The maximum atomic E-state index is 12.9. The summed E-state index contributed by atoms with van der Waals surface area (Å²) in [4.78, 5) is 14.8. The number of carbonyl (C=O) groups excluding carboxylic acids is 1. The monoisotopic (exact) mass is 375 g/mol. The topological polar surface area (TPSA) is 57.8 Å². The van der Waals surface area contributed by atoms with Gasteiger partial charge in [0.05, 0.1) is 5.52 Å². The van der Waals surface area contributed by atoms with Crippen LogP contribution in [-0.2, 0) is 4.79 Å². The van der Waals surface area contributed by atoms with Crippen molar-refractivity contribution in [2.24, 2.45) is 0 Å². The molecule has 1 unspecified atom stereocenters. The van der Waals surface area contributed by atoms with Gasteiger partial charge in [-0.1, -0.05) is 36.4 Å². The molecule has 1 amide bonds. The lowest BCUT2D eigenvalue weighted by Gasteiger charge is -2.34. The van der Waals surface area contributed by atoms with E-state index in [0.717, 1.165) is 48.1 Å². The van der Waals surface area contributed by atoms with Crippen LogP contribution in [0.5, 0.6) is 0 Å². The van der Waals surface area contributed by atoms with Gasteiger partial charge in [0.1, 0.15) is 5.69 Å². The molecular formula is C23H25N3O2. The molecular weight excluding hydrogens is 350 g/mol. The molecule has 1 aromatic carbocycles. The maximum Gasteiger partial charge on any atom is 0.246 e. The molecule has 0 aliphatic carbocycles. The predicted octanol–water partition coefficient (Wildman–Crippen LogP) is 3.78. The highest BCUT2D eigenvalue weighted by Gasteiger charge is 2.25. The Balaban J connectivity index is 1.68. The number of carbonyl (C=O) groups is 1. The van der Waals surface area contributed by atoms with Crippen LogP contribution in [0.1, 0.15) is 31.2 Å². The van der Waals surface area contributed by atoms with Gasteiger partial charge in [-0.2, -0.15) is 5.10 Å². The Morgan fingerprint density at radius 2 is 1.96 bits per heavy atom. The number of amides is 1. The Bertz CT molecular complexity index is 976. The lowest BCUT2D eigenvalue weighted by atomic mass is 9.99. The van der Waals surface area contributed by atoms with Crippen molar-refractivity contribution in [1.82, 2.24) is 14.5 Å². The Labute approximate surface area is 164 Å². The molecule has 3 aromatic rings. The first kappa shape index (κ1) is 18.4. The van der Waals surface area contributed by atoms with Gasteiger partial charge in [-0.05, 0) is 43.9 Å². The molecule has 1 N–H and O–H groups in total. The van der Waals surface area contributed by atoms with Crippen LogP contribution in [0.3, 0.4) is 0 Å². The quantitative estimate of drug-likeness (QED) is 0.691. The third kappa shape index (κ3) is 3.71. The Kier molecular flexibility index (Phi) is 5.53. The van der Waals surface area contributed by atoms with Gasteiger partial charge in [-0.3, -0.25) is 4.79 Å². The van der Waals surface area contributed by atoms with Crippen LogP contribution in [0.2, 0.25) is 0 Å². The number of hydrogen-bond acceptors (Lipinski definition) is 3. The molecule has 1 fully saturated rings. The van der Waals surface area contributed by atoms with Crippen molar-refractivity contribution in [3.05, 3.63) is 66.4 Å². The van der Waals surface area contributed by atoms with Gasteiger partial charge in [-0.15, -0.1) is 0 Å². The third-order valence-corrected chi connectivity index (χ3v) is 5.39. The minimum Gasteiger partial charge on any atom is -0.396 e. The number of fused-ring (bicyclic) bond motifs is 1. The fraction of sp³-hybridized carbons (Fsp3) is 0.304. The van der Waals surface area contributed by atoms with Gasteiger partial charge in [0.2, 0.25) is 5.91 Å². The van der Waals surface area contributed by atoms with Gasteiger partial charge >= 0.3 is 0 Å². The zero-order valence-corrected chi connectivity index (χ0v) is 15.9. The summed E-state index contributed by atoms with van der Waals surface area (Å²) in [5.41, 5.74) is 3.79. The minimum atomic E-state index is 0.00689. The van der Waals surface area contributed by atoms with E-state index in [-0.39, 0.29) is 18.6 Å². The second kappa shape index (κ2) is 8.40. The number of aliphatic hydroxyl groups excluding tert-OH is 1. The summed E-state index contributed by atoms with van der Waals surface area (Å²) in [5, 5.41) is 14.0. The fourth-order valence-corrected chi connectivity index (χ4v) is 3.98. The number of nitrogens with zero attached hydrogens (tertiary/aromatic N) is 3. The van der Waals surface area contributed by atoms with Crippen LogP contribution in [0.15, 0.2) is 60.8 Å². The molecule has 0 bridgehead atoms. The van der Waals surface area contributed by atoms with Crippen molar-refractivity contribution in [2.75, 3.05) is 13.2 Å². The standard InChI is InChI=1S/C23H25N3O2/c27-17-14-19-10-4-6-15-25(19)22(28)13-12-20-21-11-5-7-16-26(21)24-23(20)18-8-2-1-3-9-18/h1-3,5,7-9,11-13,16,19,27H,4,6,10,14-15,17H2/b13-12+. The molecule has 0 spiro atoms. The van der Waals surface area contributed by atoms with E-state index in [1.165, 1.54) is 0 Å². The number of pyridine rings is 1. The number of likely N-dealkylation sites (tertiary alicyclic amines) is 1. The van der Waals surface area contributed by atoms with Crippen molar-refractivity contribution < 1.29 is 9.90 Å². The second-order valence-electron chi connectivity index (χ2n) is 7.19. The van der Waals surface area contributed by atoms with Crippen LogP contribution in [0.4, 0.5) is 0 Å². The molecule has 3 heterocycles.